The lowest BCUT2D eigenvalue weighted by molar-refractivity contribution is 0.0925. The van der Waals surface area contributed by atoms with E-state index in [1.807, 2.05) is 25.3 Å². The standard InChI is InChI=1S/C19H26IN3O3S/c1-12(11-27(2,25)26)22-15-3-5-16(6-4-15)23-19(24)17-10-14(20)9-13-7-8-21-18(13)17/h7-10,12,15-16,21-22H,3-6,11H2,1-2H3,(H,23,24)/t12-,15?,16?/m1/s1. The summed E-state index contributed by atoms with van der Waals surface area (Å²) in [5.41, 5.74) is 1.56. The fraction of sp³-hybridized carbons (Fsp3) is 0.526. The lowest BCUT2D eigenvalue weighted by Crippen LogP contribution is -2.46. The number of aromatic amines is 1. The number of aromatic nitrogens is 1. The van der Waals surface area contributed by atoms with Crippen LogP contribution in [0.4, 0.5) is 0 Å². The first-order valence-electron chi connectivity index (χ1n) is 9.22. The molecule has 8 heteroatoms. The van der Waals surface area contributed by atoms with Gasteiger partial charge in [-0.1, -0.05) is 0 Å². The molecule has 2 aromatic rings. The summed E-state index contributed by atoms with van der Waals surface area (Å²) in [5.74, 6) is 0.116. The number of rotatable bonds is 6. The number of hydrogen-bond acceptors (Lipinski definition) is 4. The number of fused-ring (bicyclic) bond motifs is 1. The highest BCUT2D eigenvalue weighted by molar-refractivity contribution is 14.1. The average molecular weight is 503 g/mol. The van der Waals surface area contributed by atoms with Crippen LogP contribution in [0.5, 0.6) is 0 Å². The van der Waals surface area contributed by atoms with Gasteiger partial charge in [-0.2, -0.15) is 0 Å². The Balaban J connectivity index is 1.54. The first-order valence-corrected chi connectivity index (χ1v) is 12.4. The maximum Gasteiger partial charge on any atom is 0.253 e. The van der Waals surface area contributed by atoms with Gasteiger partial charge in [-0.15, -0.1) is 0 Å². The summed E-state index contributed by atoms with van der Waals surface area (Å²) in [6.07, 6.45) is 6.78. The number of carbonyl (C=O) groups excluding carboxylic acids is 1. The molecule has 1 atom stereocenters. The Labute approximate surface area is 173 Å². The van der Waals surface area contributed by atoms with E-state index in [-0.39, 0.29) is 23.7 Å². The number of sulfone groups is 1. The van der Waals surface area contributed by atoms with Crippen molar-refractivity contribution in [3.05, 3.63) is 33.5 Å². The van der Waals surface area contributed by atoms with Gasteiger partial charge in [0.25, 0.3) is 5.91 Å². The van der Waals surface area contributed by atoms with Crippen LogP contribution in [0.2, 0.25) is 0 Å². The van der Waals surface area contributed by atoms with Gasteiger partial charge in [-0.3, -0.25) is 4.79 Å². The number of benzene rings is 1. The van der Waals surface area contributed by atoms with Crippen LogP contribution >= 0.6 is 22.6 Å². The maximum atomic E-state index is 12.8. The summed E-state index contributed by atoms with van der Waals surface area (Å²) in [4.78, 5) is 15.9. The van der Waals surface area contributed by atoms with Gasteiger partial charge < -0.3 is 15.6 Å². The third-order valence-electron chi connectivity index (χ3n) is 5.00. The van der Waals surface area contributed by atoms with Gasteiger partial charge in [0, 0.05) is 39.5 Å². The second kappa shape index (κ2) is 8.48. The third kappa shape index (κ3) is 5.68. The van der Waals surface area contributed by atoms with Crippen LogP contribution in [-0.4, -0.2) is 49.4 Å². The first-order chi connectivity index (χ1) is 12.7. The van der Waals surface area contributed by atoms with E-state index in [9.17, 15) is 13.2 Å². The van der Waals surface area contributed by atoms with E-state index in [0.717, 1.165) is 40.2 Å². The monoisotopic (exact) mass is 503 g/mol. The smallest absolute Gasteiger partial charge is 0.253 e. The highest BCUT2D eigenvalue weighted by atomic mass is 127. The van der Waals surface area contributed by atoms with E-state index in [1.54, 1.807) is 0 Å². The molecule has 0 radical (unpaired) electrons. The molecule has 3 N–H and O–H groups in total. The van der Waals surface area contributed by atoms with E-state index < -0.39 is 9.84 Å². The highest BCUT2D eigenvalue weighted by Gasteiger charge is 2.25. The minimum atomic E-state index is -2.97. The van der Waals surface area contributed by atoms with Gasteiger partial charge >= 0.3 is 0 Å². The number of halogens is 1. The van der Waals surface area contributed by atoms with Gasteiger partial charge in [0.15, 0.2) is 0 Å². The Kier molecular flexibility index (Phi) is 6.47. The Morgan fingerprint density at radius 2 is 1.93 bits per heavy atom. The van der Waals surface area contributed by atoms with Crippen LogP contribution in [0.1, 0.15) is 43.0 Å². The van der Waals surface area contributed by atoms with E-state index in [1.165, 1.54) is 6.26 Å². The molecule has 0 bridgehead atoms. The molecule has 1 aromatic carbocycles. The average Bonchev–Trinajstić information content (AvgIpc) is 3.02. The number of nitrogens with one attached hydrogen (secondary N) is 3. The van der Waals surface area contributed by atoms with Crippen LogP contribution in [0, 0.1) is 3.57 Å². The minimum Gasteiger partial charge on any atom is -0.361 e. The van der Waals surface area contributed by atoms with E-state index in [4.69, 9.17) is 0 Å². The van der Waals surface area contributed by atoms with Crippen molar-refractivity contribution in [2.24, 2.45) is 0 Å². The molecule has 0 aliphatic heterocycles. The van der Waals surface area contributed by atoms with Crippen LogP contribution in [0.15, 0.2) is 24.4 Å². The largest absolute Gasteiger partial charge is 0.361 e. The van der Waals surface area contributed by atoms with Crippen molar-refractivity contribution in [2.45, 2.75) is 50.7 Å². The van der Waals surface area contributed by atoms with Crippen molar-refractivity contribution in [3.63, 3.8) is 0 Å². The Morgan fingerprint density at radius 1 is 1.26 bits per heavy atom. The first kappa shape index (κ1) is 20.6. The van der Waals surface area contributed by atoms with Crippen molar-refractivity contribution < 1.29 is 13.2 Å². The molecule has 1 amide bonds. The van der Waals surface area contributed by atoms with E-state index in [2.05, 4.69) is 44.3 Å². The number of carbonyl (C=O) groups is 1. The SMILES string of the molecule is C[C@H](CS(C)(=O)=O)NC1CCC(NC(=O)c2cc(I)cc3cc[nH]c23)CC1. The quantitative estimate of drug-likeness (QED) is 0.529. The molecule has 1 aromatic heterocycles. The summed E-state index contributed by atoms with van der Waals surface area (Å²) in [5, 5.41) is 7.62. The van der Waals surface area contributed by atoms with Gasteiger partial charge in [0.2, 0.25) is 0 Å². The normalized spacial score (nSPS) is 21.9. The fourth-order valence-electron chi connectivity index (χ4n) is 3.89. The summed E-state index contributed by atoms with van der Waals surface area (Å²) in [6, 6.07) is 6.35. The van der Waals surface area contributed by atoms with Crippen molar-refractivity contribution in [1.82, 2.24) is 15.6 Å². The zero-order valence-corrected chi connectivity index (χ0v) is 18.6. The molecule has 27 heavy (non-hydrogen) atoms. The predicted octanol–water partition coefficient (Wildman–Crippen LogP) is 2.84. The molecule has 6 nitrogen and oxygen atoms in total. The fourth-order valence-corrected chi connectivity index (χ4v) is 5.54. The summed E-state index contributed by atoms with van der Waals surface area (Å²) < 4.78 is 23.8. The minimum absolute atomic E-state index is 0.0391. The molecule has 0 unspecified atom stereocenters. The summed E-state index contributed by atoms with van der Waals surface area (Å²) in [7, 11) is -2.97. The van der Waals surface area contributed by atoms with Gasteiger partial charge in [-0.05, 0) is 73.4 Å². The second-order valence-electron chi connectivity index (χ2n) is 7.58. The second-order valence-corrected chi connectivity index (χ2v) is 11.0. The summed E-state index contributed by atoms with van der Waals surface area (Å²) >= 11 is 2.23. The van der Waals surface area contributed by atoms with E-state index in [0.29, 0.717) is 11.6 Å². The zero-order valence-electron chi connectivity index (χ0n) is 15.6. The Bertz CT molecular complexity index is 917. The molecule has 0 spiro atoms. The molecule has 3 rings (SSSR count). The van der Waals surface area contributed by atoms with Gasteiger partial charge in [0.1, 0.15) is 9.84 Å². The van der Waals surface area contributed by atoms with Gasteiger partial charge in [-0.25, -0.2) is 8.42 Å². The number of H-pyrrole nitrogens is 1. The van der Waals surface area contributed by atoms with Crippen LogP contribution in [0.3, 0.4) is 0 Å². The Hall–Kier alpha value is -1.13. The topological polar surface area (TPSA) is 91.1 Å². The number of amides is 1. The molecule has 1 heterocycles. The molecule has 0 saturated heterocycles. The summed E-state index contributed by atoms with van der Waals surface area (Å²) in [6.45, 7) is 1.91. The molecule has 1 aliphatic rings. The van der Waals surface area contributed by atoms with Crippen molar-refractivity contribution in [1.29, 1.82) is 0 Å². The zero-order chi connectivity index (χ0) is 19.6. The third-order valence-corrected chi connectivity index (χ3v) is 6.73. The lowest BCUT2D eigenvalue weighted by Gasteiger charge is -2.31. The molecule has 148 valence electrons. The highest BCUT2D eigenvalue weighted by Crippen LogP contribution is 2.23. The van der Waals surface area contributed by atoms with E-state index >= 15 is 0 Å². The van der Waals surface area contributed by atoms with Crippen LogP contribution in [0.25, 0.3) is 10.9 Å². The molecule has 1 aliphatic carbocycles. The van der Waals surface area contributed by atoms with Crippen LogP contribution < -0.4 is 10.6 Å². The van der Waals surface area contributed by atoms with Crippen LogP contribution in [-0.2, 0) is 9.84 Å². The molecule has 1 saturated carbocycles. The molecular formula is C19H26IN3O3S. The molecular weight excluding hydrogens is 477 g/mol. The lowest BCUT2D eigenvalue weighted by atomic mass is 9.90. The maximum absolute atomic E-state index is 12.8. The Morgan fingerprint density at radius 3 is 2.59 bits per heavy atom. The van der Waals surface area contributed by atoms with Crippen molar-refractivity contribution in [3.8, 4) is 0 Å². The van der Waals surface area contributed by atoms with Crippen molar-refractivity contribution >= 4 is 49.2 Å². The number of hydrogen-bond donors (Lipinski definition) is 3. The predicted molar refractivity (Wildman–Crippen MR) is 117 cm³/mol. The van der Waals surface area contributed by atoms with Crippen molar-refractivity contribution in [2.75, 3.05) is 12.0 Å². The molecule has 1 fully saturated rings. The van der Waals surface area contributed by atoms with Gasteiger partial charge in [0.05, 0.1) is 16.8 Å².